The number of hydrogen-bond donors (Lipinski definition) is 3. The molecular weight excluding hydrogens is 250 g/mol. The molecule has 0 aliphatic heterocycles. The molecule has 92 valence electrons. The first-order valence-corrected chi connectivity index (χ1v) is 6.84. The number of hydrogen-bond acceptors (Lipinski definition) is 3. The second kappa shape index (κ2) is 3.47. The molecule has 0 spiro atoms. The van der Waals surface area contributed by atoms with E-state index in [-0.39, 0.29) is 4.90 Å². The highest BCUT2D eigenvalue weighted by Crippen LogP contribution is 2.30. The second-order valence-electron chi connectivity index (χ2n) is 4.15. The zero-order chi connectivity index (χ0) is 12.9. The number of H-pyrrole nitrogens is 1. The third-order valence-electron chi connectivity index (χ3n) is 2.93. The van der Waals surface area contributed by atoms with Crippen molar-refractivity contribution in [3.63, 3.8) is 0 Å². The van der Waals surface area contributed by atoms with Crippen LogP contribution in [-0.4, -0.2) is 13.4 Å². The summed E-state index contributed by atoms with van der Waals surface area (Å²) in [6.07, 6.45) is 0. The normalized spacial score (nSPS) is 12.3. The monoisotopic (exact) mass is 261 g/mol. The lowest BCUT2D eigenvalue weighted by atomic mass is 10.1. The lowest BCUT2D eigenvalue weighted by molar-refractivity contribution is 0.598. The van der Waals surface area contributed by atoms with Crippen LogP contribution < -0.4 is 10.9 Å². The van der Waals surface area contributed by atoms with Gasteiger partial charge in [0.1, 0.15) is 4.90 Å². The minimum absolute atomic E-state index is 0.0924. The molecular formula is C12H11N3O2S. The van der Waals surface area contributed by atoms with Crippen molar-refractivity contribution in [1.29, 1.82) is 0 Å². The standard InChI is InChI=1S/C12H11N3O2S/c13-7-4-5-8-9-2-1-3-11(18(14,16)17)12(9)15-10(8)6-7/h1-6,15H,13H2,(H2,14,16,17). The zero-order valence-corrected chi connectivity index (χ0v) is 10.2. The van der Waals surface area contributed by atoms with Crippen molar-refractivity contribution in [3.8, 4) is 0 Å². The smallest absolute Gasteiger partial charge is 0.240 e. The van der Waals surface area contributed by atoms with Gasteiger partial charge in [-0.05, 0) is 18.2 Å². The van der Waals surface area contributed by atoms with Gasteiger partial charge in [0.15, 0.2) is 0 Å². The molecule has 5 nitrogen and oxygen atoms in total. The SMILES string of the molecule is Nc1ccc2c(c1)[nH]c1c(S(N)(=O)=O)cccc12. The average molecular weight is 261 g/mol. The molecule has 0 amide bonds. The molecule has 6 heteroatoms. The number of primary sulfonamides is 1. The number of nitrogen functional groups attached to an aromatic ring is 1. The molecule has 3 rings (SSSR count). The second-order valence-corrected chi connectivity index (χ2v) is 5.68. The van der Waals surface area contributed by atoms with E-state index < -0.39 is 10.0 Å². The Labute approximate surface area is 103 Å². The van der Waals surface area contributed by atoms with Crippen LogP contribution in [0.4, 0.5) is 5.69 Å². The Hall–Kier alpha value is -2.05. The van der Waals surface area contributed by atoms with E-state index in [1.54, 1.807) is 18.2 Å². The molecule has 0 unspecified atom stereocenters. The molecule has 1 aromatic heterocycles. The maximum atomic E-state index is 11.5. The van der Waals surface area contributed by atoms with E-state index >= 15 is 0 Å². The highest BCUT2D eigenvalue weighted by molar-refractivity contribution is 7.89. The Morgan fingerprint density at radius 3 is 2.56 bits per heavy atom. The van der Waals surface area contributed by atoms with Crippen molar-refractivity contribution >= 4 is 37.5 Å². The molecule has 0 radical (unpaired) electrons. The predicted molar refractivity (Wildman–Crippen MR) is 71.6 cm³/mol. The van der Waals surface area contributed by atoms with Gasteiger partial charge in [-0.15, -0.1) is 0 Å². The Morgan fingerprint density at radius 1 is 1.06 bits per heavy atom. The fourth-order valence-corrected chi connectivity index (χ4v) is 2.87. The number of aromatic nitrogens is 1. The van der Waals surface area contributed by atoms with Crippen molar-refractivity contribution < 1.29 is 8.42 Å². The fourth-order valence-electron chi connectivity index (χ4n) is 2.16. The molecule has 2 aromatic carbocycles. The Morgan fingerprint density at radius 2 is 1.83 bits per heavy atom. The van der Waals surface area contributed by atoms with Crippen molar-refractivity contribution in [2.75, 3.05) is 5.73 Å². The minimum atomic E-state index is -3.75. The molecule has 5 N–H and O–H groups in total. The van der Waals surface area contributed by atoms with Crippen LogP contribution in [0.5, 0.6) is 0 Å². The van der Waals surface area contributed by atoms with Gasteiger partial charge in [-0.25, -0.2) is 13.6 Å². The summed E-state index contributed by atoms with van der Waals surface area (Å²) >= 11 is 0. The van der Waals surface area contributed by atoms with Crippen LogP contribution in [0, 0.1) is 0 Å². The third-order valence-corrected chi connectivity index (χ3v) is 3.88. The van der Waals surface area contributed by atoms with E-state index in [4.69, 9.17) is 10.9 Å². The number of para-hydroxylation sites is 1. The maximum absolute atomic E-state index is 11.5. The average Bonchev–Trinajstić information content (AvgIpc) is 2.64. The molecule has 0 aliphatic carbocycles. The molecule has 0 saturated heterocycles. The van der Waals surface area contributed by atoms with E-state index in [9.17, 15) is 8.42 Å². The topological polar surface area (TPSA) is 102 Å². The summed E-state index contributed by atoms with van der Waals surface area (Å²) < 4.78 is 23.0. The van der Waals surface area contributed by atoms with Crippen LogP contribution in [0.15, 0.2) is 41.3 Å². The zero-order valence-electron chi connectivity index (χ0n) is 9.34. The summed E-state index contributed by atoms with van der Waals surface area (Å²) in [6, 6.07) is 10.4. The van der Waals surface area contributed by atoms with Gasteiger partial charge < -0.3 is 10.7 Å². The number of aromatic amines is 1. The predicted octanol–water partition coefficient (Wildman–Crippen LogP) is 1.55. The molecule has 0 fully saturated rings. The van der Waals surface area contributed by atoms with Gasteiger partial charge in [0.05, 0.1) is 5.52 Å². The fraction of sp³-hybridized carbons (Fsp3) is 0. The number of anilines is 1. The van der Waals surface area contributed by atoms with Crippen LogP contribution in [0.2, 0.25) is 0 Å². The van der Waals surface area contributed by atoms with E-state index in [0.29, 0.717) is 11.2 Å². The first-order valence-electron chi connectivity index (χ1n) is 5.29. The largest absolute Gasteiger partial charge is 0.399 e. The van der Waals surface area contributed by atoms with Gasteiger partial charge in [-0.1, -0.05) is 18.2 Å². The Bertz CT molecular complexity index is 866. The highest BCUT2D eigenvalue weighted by Gasteiger charge is 2.15. The first kappa shape index (κ1) is 11.1. The number of nitrogens with two attached hydrogens (primary N) is 2. The number of nitrogens with one attached hydrogen (secondary N) is 1. The summed E-state index contributed by atoms with van der Waals surface area (Å²) in [7, 11) is -3.75. The van der Waals surface area contributed by atoms with Gasteiger partial charge in [0.2, 0.25) is 10.0 Å². The van der Waals surface area contributed by atoms with Gasteiger partial charge in [0.25, 0.3) is 0 Å². The van der Waals surface area contributed by atoms with E-state index in [0.717, 1.165) is 16.3 Å². The number of fused-ring (bicyclic) bond motifs is 3. The van der Waals surface area contributed by atoms with Crippen LogP contribution >= 0.6 is 0 Å². The molecule has 0 aliphatic rings. The first-order chi connectivity index (χ1) is 8.47. The maximum Gasteiger partial charge on any atom is 0.240 e. The lowest BCUT2D eigenvalue weighted by Gasteiger charge is -1.99. The van der Waals surface area contributed by atoms with Crippen molar-refractivity contribution in [2.45, 2.75) is 4.90 Å². The number of benzene rings is 2. The van der Waals surface area contributed by atoms with Crippen molar-refractivity contribution in [3.05, 3.63) is 36.4 Å². The molecule has 0 atom stereocenters. The van der Waals surface area contributed by atoms with Gasteiger partial charge in [-0.2, -0.15) is 0 Å². The summed E-state index contributed by atoms with van der Waals surface area (Å²) in [5.41, 5.74) is 7.63. The van der Waals surface area contributed by atoms with Gasteiger partial charge in [-0.3, -0.25) is 0 Å². The molecule has 0 saturated carbocycles. The number of rotatable bonds is 1. The quantitative estimate of drug-likeness (QED) is 0.579. The Balaban J connectivity index is 2.54. The van der Waals surface area contributed by atoms with Gasteiger partial charge >= 0.3 is 0 Å². The van der Waals surface area contributed by atoms with Gasteiger partial charge in [0, 0.05) is 22.0 Å². The highest BCUT2D eigenvalue weighted by atomic mass is 32.2. The van der Waals surface area contributed by atoms with E-state index in [1.807, 2.05) is 12.1 Å². The van der Waals surface area contributed by atoms with Crippen LogP contribution in [0.1, 0.15) is 0 Å². The number of sulfonamides is 1. The Kier molecular flexibility index (Phi) is 2.13. The summed E-state index contributed by atoms with van der Waals surface area (Å²) in [6.45, 7) is 0. The summed E-state index contributed by atoms with van der Waals surface area (Å²) in [5, 5.41) is 6.94. The molecule has 3 aromatic rings. The lowest BCUT2D eigenvalue weighted by Crippen LogP contribution is -2.12. The van der Waals surface area contributed by atoms with E-state index in [2.05, 4.69) is 4.98 Å². The van der Waals surface area contributed by atoms with Crippen molar-refractivity contribution in [2.24, 2.45) is 5.14 Å². The summed E-state index contributed by atoms with van der Waals surface area (Å²) in [4.78, 5) is 3.15. The van der Waals surface area contributed by atoms with Crippen LogP contribution in [0.25, 0.3) is 21.8 Å². The third kappa shape index (κ3) is 1.54. The minimum Gasteiger partial charge on any atom is -0.399 e. The van der Waals surface area contributed by atoms with Crippen molar-refractivity contribution in [1.82, 2.24) is 4.98 Å². The van der Waals surface area contributed by atoms with Crippen LogP contribution in [-0.2, 0) is 10.0 Å². The van der Waals surface area contributed by atoms with Crippen LogP contribution in [0.3, 0.4) is 0 Å². The molecule has 18 heavy (non-hydrogen) atoms. The van der Waals surface area contributed by atoms with E-state index in [1.165, 1.54) is 6.07 Å². The molecule has 1 heterocycles. The summed E-state index contributed by atoms with van der Waals surface area (Å²) in [5.74, 6) is 0. The molecule has 0 bridgehead atoms.